The van der Waals surface area contributed by atoms with Crippen molar-refractivity contribution in [3.8, 4) is 16.5 Å². The molecule has 0 aliphatic rings. The Morgan fingerprint density at radius 1 is 1.53 bits per heavy atom. The zero-order valence-electron chi connectivity index (χ0n) is 8.43. The molecule has 1 atom stereocenters. The normalized spacial score (nSPS) is 12.7. The lowest BCUT2D eigenvalue weighted by Crippen LogP contribution is -2.04. The molecule has 2 rings (SSSR count). The third-order valence-electron chi connectivity index (χ3n) is 1.87. The summed E-state index contributed by atoms with van der Waals surface area (Å²) in [5.41, 5.74) is 5.63. The molecule has 2 N–H and O–H groups in total. The Balaban J connectivity index is 2.37. The summed E-state index contributed by atoms with van der Waals surface area (Å²) in [7, 11) is 1.61. The van der Waals surface area contributed by atoms with Crippen molar-refractivity contribution in [2.24, 2.45) is 5.73 Å². The van der Waals surface area contributed by atoms with Crippen LogP contribution in [0.15, 0.2) is 15.9 Å². The lowest BCUT2D eigenvalue weighted by Gasteiger charge is -1.97. The van der Waals surface area contributed by atoms with E-state index in [2.05, 4.69) is 10.2 Å². The van der Waals surface area contributed by atoms with E-state index in [0.29, 0.717) is 11.8 Å². The summed E-state index contributed by atoms with van der Waals surface area (Å²) < 4.78 is 10.6. The average molecular weight is 225 g/mol. The van der Waals surface area contributed by atoms with Crippen molar-refractivity contribution >= 4 is 11.3 Å². The van der Waals surface area contributed by atoms with Gasteiger partial charge in [-0.25, -0.2) is 0 Å². The van der Waals surface area contributed by atoms with Crippen molar-refractivity contribution in [2.75, 3.05) is 7.11 Å². The highest BCUT2D eigenvalue weighted by Crippen LogP contribution is 2.34. The predicted molar refractivity (Wildman–Crippen MR) is 56.8 cm³/mol. The molecular weight excluding hydrogens is 214 g/mol. The molecule has 0 aliphatic carbocycles. The summed E-state index contributed by atoms with van der Waals surface area (Å²) in [4.78, 5) is 0.830. The first-order valence-electron chi connectivity index (χ1n) is 4.43. The maximum Gasteiger partial charge on any atom is 0.261 e. The molecule has 0 radical (unpaired) electrons. The molecule has 2 aromatic rings. The summed E-state index contributed by atoms with van der Waals surface area (Å²) in [6, 6.07) is 1.60. The first kappa shape index (κ1) is 10.1. The quantitative estimate of drug-likeness (QED) is 0.862. The topological polar surface area (TPSA) is 74.2 Å². The third kappa shape index (κ3) is 1.86. The summed E-state index contributed by atoms with van der Waals surface area (Å²) in [5.74, 6) is 1.62. The molecule has 2 heterocycles. The van der Waals surface area contributed by atoms with Gasteiger partial charge in [0.05, 0.1) is 13.2 Å². The second kappa shape index (κ2) is 4.00. The van der Waals surface area contributed by atoms with E-state index in [9.17, 15) is 0 Å². The van der Waals surface area contributed by atoms with Crippen molar-refractivity contribution in [3.63, 3.8) is 0 Å². The van der Waals surface area contributed by atoms with Gasteiger partial charge in [-0.15, -0.1) is 21.5 Å². The average Bonchev–Trinajstić information content (AvgIpc) is 2.85. The largest absolute Gasteiger partial charge is 0.495 e. The maximum absolute atomic E-state index is 5.63. The van der Waals surface area contributed by atoms with Gasteiger partial charge < -0.3 is 14.9 Å². The highest BCUT2D eigenvalue weighted by Gasteiger charge is 2.16. The Hall–Kier alpha value is -1.40. The van der Waals surface area contributed by atoms with Gasteiger partial charge >= 0.3 is 0 Å². The Morgan fingerprint density at radius 2 is 2.33 bits per heavy atom. The molecule has 0 saturated carbocycles. The number of aromatic nitrogens is 2. The molecular formula is C9H11N3O2S. The van der Waals surface area contributed by atoms with Gasteiger partial charge in [0.2, 0.25) is 5.89 Å². The molecule has 0 bridgehead atoms. The zero-order chi connectivity index (χ0) is 10.8. The second-order valence-corrected chi connectivity index (χ2v) is 3.97. The van der Waals surface area contributed by atoms with Crippen LogP contribution in [0.25, 0.3) is 10.8 Å². The maximum atomic E-state index is 5.63. The van der Waals surface area contributed by atoms with Crippen LogP contribution in [0.2, 0.25) is 0 Å². The van der Waals surface area contributed by atoms with Gasteiger partial charge in [0.1, 0.15) is 10.6 Å². The van der Waals surface area contributed by atoms with Gasteiger partial charge in [-0.1, -0.05) is 0 Å². The Bertz CT molecular complexity index is 450. The summed E-state index contributed by atoms with van der Waals surface area (Å²) in [6.07, 6.45) is 0. The Morgan fingerprint density at radius 3 is 2.93 bits per heavy atom. The molecule has 15 heavy (non-hydrogen) atoms. The molecule has 0 saturated heterocycles. The summed E-state index contributed by atoms with van der Waals surface area (Å²) in [6.45, 7) is 1.79. The number of thiophene rings is 1. The number of rotatable bonds is 3. The van der Waals surface area contributed by atoms with Crippen LogP contribution < -0.4 is 10.5 Å². The summed E-state index contributed by atoms with van der Waals surface area (Å²) >= 11 is 1.49. The highest BCUT2D eigenvalue weighted by molar-refractivity contribution is 7.13. The van der Waals surface area contributed by atoms with Gasteiger partial charge in [0.15, 0.2) is 0 Å². The van der Waals surface area contributed by atoms with Crippen LogP contribution in [0.3, 0.4) is 0 Å². The van der Waals surface area contributed by atoms with Gasteiger partial charge in [0, 0.05) is 0 Å². The fourth-order valence-corrected chi connectivity index (χ4v) is 1.90. The van der Waals surface area contributed by atoms with Crippen molar-refractivity contribution in [2.45, 2.75) is 13.0 Å². The fourth-order valence-electron chi connectivity index (χ4n) is 1.12. The number of nitrogens with zero attached hydrogens (tertiary/aromatic N) is 2. The minimum atomic E-state index is -0.253. The van der Waals surface area contributed by atoms with Crippen molar-refractivity contribution in [1.82, 2.24) is 10.2 Å². The summed E-state index contributed by atoms with van der Waals surface area (Å²) in [5, 5.41) is 9.69. The van der Waals surface area contributed by atoms with E-state index in [1.165, 1.54) is 11.3 Å². The smallest absolute Gasteiger partial charge is 0.261 e. The number of methoxy groups -OCH3 is 1. The minimum Gasteiger partial charge on any atom is -0.495 e. The van der Waals surface area contributed by atoms with Crippen LogP contribution >= 0.6 is 11.3 Å². The minimum absolute atomic E-state index is 0.253. The fraction of sp³-hybridized carbons (Fsp3) is 0.333. The number of nitrogens with two attached hydrogens (primary N) is 1. The van der Waals surface area contributed by atoms with E-state index in [1.807, 2.05) is 11.4 Å². The lowest BCUT2D eigenvalue weighted by atomic mass is 10.4. The molecule has 0 aromatic carbocycles. The highest BCUT2D eigenvalue weighted by atomic mass is 32.1. The van der Waals surface area contributed by atoms with Gasteiger partial charge in [0.25, 0.3) is 5.89 Å². The van der Waals surface area contributed by atoms with Gasteiger partial charge in [-0.3, -0.25) is 0 Å². The first-order valence-corrected chi connectivity index (χ1v) is 5.31. The third-order valence-corrected chi connectivity index (χ3v) is 2.76. The first-order chi connectivity index (χ1) is 7.22. The van der Waals surface area contributed by atoms with Crippen LogP contribution in [0.5, 0.6) is 5.75 Å². The van der Waals surface area contributed by atoms with Gasteiger partial charge in [-0.05, 0) is 18.4 Å². The van der Waals surface area contributed by atoms with E-state index >= 15 is 0 Å². The van der Waals surface area contributed by atoms with Crippen molar-refractivity contribution < 1.29 is 9.15 Å². The van der Waals surface area contributed by atoms with E-state index in [1.54, 1.807) is 14.0 Å². The van der Waals surface area contributed by atoms with E-state index < -0.39 is 0 Å². The molecule has 2 aromatic heterocycles. The molecule has 0 aliphatic heterocycles. The van der Waals surface area contributed by atoms with Crippen LogP contribution in [-0.4, -0.2) is 17.3 Å². The zero-order valence-corrected chi connectivity index (χ0v) is 9.25. The van der Waals surface area contributed by atoms with Crippen molar-refractivity contribution in [1.29, 1.82) is 0 Å². The monoisotopic (exact) mass is 225 g/mol. The van der Waals surface area contributed by atoms with Crippen LogP contribution in [-0.2, 0) is 0 Å². The SMILES string of the molecule is COc1ccsc1-c1nnc(C(C)N)o1. The van der Waals surface area contributed by atoms with Gasteiger partial charge in [-0.2, -0.15) is 0 Å². The molecule has 6 heteroatoms. The Labute approximate surface area is 90.9 Å². The van der Waals surface area contributed by atoms with E-state index in [-0.39, 0.29) is 6.04 Å². The molecule has 80 valence electrons. The molecule has 5 nitrogen and oxygen atoms in total. The van der Waals surface area contributed by atoms with Crippen LogP contribution in [0, 0.1) is 0 Å². The molecule has 0 fully saturated rings. The van der Waals surface area contributed by atoms with Crippen molar-refractivity contribution in [3.05, 3.63) is 17.3 Å². The molecule has 0 spiro atoms. The Kier molecular flexibility index (Phi) is 2.70. The predicted octanol–water partition coefficient (Wildman–Crippen LogP) is 1.83. The number of hydrogen-bond acceptors (Lipinski definition) is 6. The van der Waals surface area contributed by atoms with Crippen LogP contribution in [0.4, 0.5) is 0 Å². The molecule has 1 unspecified atom stereocenters. The van der Waals surface area contributed by atoms with Crippen LogP contribution in [0.1, 0.15) is 18.9 Å². The molecule has 0 amide bonds. The van der Waals surface area contributed by atoms with E-state index in [0.717, 1.165) is 10.6 Å². The van der Waals surface area contributed by atoms with E-state index in [4.69, 9.17) is 14.9 Å². The number of hydrogen-bond donors (Lipinski definition) is 1. The lowest BCUT2D eigenvalue weighted by molar-refractivity contribution is 0.414. The second-order valence-electron chi connectivity index (χ2n) is 3.05. The standard InChI is InChI=1S/C9H11N3O2S/c1-5(10)8-11-12-9(14-8)7-6(13-2)3-4-15-7/h3-5H,10H2,1-2H3. The number of ether oxygens (including phenoxy) is 1.